The summed E-state index contributed by atoms with van der Waals surface area (Å²) in [6.07, 6.45) is 0. The van der Waals surface area contributed by atoms with Crippen LogP contribution < -0.4 is 0 Å². The van der Waals surface area contributed by atoms with Crippen molar-refractivity contribution >= 4 is 43.1 Å². The van der Waals surface area contributed by atoms with Crippen LogP contribution in [0.1, 0.15) is 5.56 Å². The Morgan fingerprint density at radius 3 is 1.62 bits per heavy atom. The highest BCUT2D eigenvalue weighted by Gasteiger charge is 2.31. The van der Waals surface area contributed by atoms with E-state index >= 15 is 0 Å². The SMILES string of the molecule is Cc1c(O)c(O)c(O)c2c(-c3cccc4ccccc34)c3c(O)c(O)c(O)c(O)c3c(-c3ccc4ccccc4c3)c12. The monoisotopic (exact) mass is 556 g/mol. The molecule has 0 heterocycles. The van der Waals surface area contributed by atoms with Gasteiger partial charge in [-0.1, -0.05) is 78.9 Å². The van der Waals surface area contributed by atoms with E-state index in [0.29, 0.717) is 11.1 Å². The highest BCUT2D eigenvalue weighted by atomic mass is 16.3. The second kappa shape index (κ2) is 8.84. The number of aryl methyl sites for hydroxylation is 1. The zero-order valence-corrected chi connectivity index (χ0v) is 22.2. The van der Waals surface area contributed by atoms with Crippen LogP contribution in [0.3, 0.4) is 0 Å². The summed E-state index contributed by atoms with van der Waals surface area (Å²) in [5, 5.41) is 81.3. The van der Waals surface area contributed by atoms with E-state index < -0.39 is 40.2 Å². The predicted molar refractivity (Wildman–Crippen MR) is 164 cm³/mol. The molecule has 0 bridgehead atoms. The Morgan fingerprint density at radius 2 is 0.929 bits per heavy atom. The maximum atomic E-state index is 11.5. The zero-order chi connectivity index (χ0) is 29.4. The van der Waals surface area contributed by atoms with Crippen LogP contribution in [0.5, 0.6) is 40.2 Å². The summed E-state index contributed by atoms with van der Waals surface area (Å²) in [6, 6.07) is 26.0. The van der Waals surface area contributed by atoms with E-state index in [1.807, 2.05) is 66.7 Å². The largest absolute Gasteiger partial charge is 0.504 e. The molecule has 0 aliphatic heterocycles. The number of benzene rings is 7. The number of phenolic OH excluding ortho intramolecular Hbond substituents is 7. The number of rotatable bonds is 2. The van der Waals surface area contributed by atoms with E-state index in [-0.39, 0.29) is 38.2 Å². The molecule has 0 aliphatic rings. The minimum absolute atomic E-state index is 0.0129. The van der Waals surface area contributed by atoms with Gasteiger partial charge in [0.15, 0.2) is 23.0 Å². The van der Waals surface area contributed by atoms with E-state index in [2.05, 4.69) is 0 Å². The van der Waals surface area contributed by atoms with Gasteiger partial charge in [0.2, 0.25) is 17.2 Å². The van der Waals surface area contributed by atoms with Crippen LogP contribution in [0.25, 0.3) is 65.3 Å². The summed E-state index contributed by atoms with van der Waals surface area (Å²) >= 11 is 0. The lowest BCUT2D eigenvalue weighted by atomic mass is 9.81. The molecule has 7 aromatic rings. The highest BCUT2D eigenvalue weighted by molar-refractivity contribution is 6.29. The van der Waals surface area contributed by atoms with Crippen molar-refractivity contribution in [3.05, 3.63) is 90.5 Å². The first-order valence-electron chi connectivity index (χ1n) is 13.2. The fourth-order valence-electron chi connectivity index (χ4n) is 6.17. The number of phenols is 7. The molecule has 0 aliphatic carbocycles. The van der Waals surface area contributed by atoms with Gasteiger partial charge in [-0.3, -0.25) is 0 Å². The number of hydrogen-bond donors (Lipinski definition) is 7. The lowest BCUT2D eigenvalue weighted by Crippen LogP contribution is -1.96. The molecule has 7 aromatic carbocycles. The van der Waals surface area contributed by atoms with Crippen molar-refractivity contribution in [2.45, 2.75) is 6.92 Å². The molecule has 0 saturated carbocycles. The van der Waals surface area contributed by atoms with Crippen LogP contribution in [0.2, 0.25) is 0 Å². The molecule has 0 aromatic heterocycles. The Hall–Kier alpha value is -5.82. The summed E-state index contributed by atoms with van der Waals surface area (Å²) in [7, 11) is 0. The normalized spacial score (nSPS) is 11.6. The maximum absolute atomic E-state index is 11.5. The third kappa shape index (κ3) is 3.28. The lowest BCUT2D eigenvalue weighted by Gasteiger charge is -2.23. The summed E-state index contributed by atoms with van der Waals surface area (Å²) in [5.41, 5.74) is 1.67. The van der Waals surface area contributed by atoms with E-state index in [4.69, 9.17) is 0 Å². The van der Waals surface area contributed by atoms with Crippen LogP contribution in [0, 0.1) is 6.92 Å². The van der Waals surface area contributed by atoms with Gasteiger partial charge in [-0.2, -0.15) is 0 Å². The van der Waals surface area contributed by atoms with Crippen LogP contribution >= 0.6 is 0 Å². The van der Waals surface area contributed by atoms with E-state index in [9.17, 15) is 35.7 Å². The molecule has 0 saturated heterocycles. The van der Waals surface area contributed by atoms with Crippen LogP contribution in [-0.4, -0.2) is 35.7 Å². The molecule has 0 radical (unpaired) electrons. The molecule has 42 heavy (non-hydrogen) atoms. The standard InChI is InChI=1S/C35H24O7/c1-16-23-24(20-14-13-17-7-2-3-9-19(17)15-20)27-28(32(39)35(42)34(41)31(27)38)25(26(23)30(37)33(40)29(16)36)22-12-6-10-18-8-4-5-11-21(18)22/h2-15,36-42H,1H3. The Labute approximate surface area is 238 Å². The van der Waals surface area contributed by atoms with Gasteiger partial charge in [-0.25, -0.2) is 0 Å². The Morgan fingerprint density at radius 1 is 0.405 bits per heavy atom. The van der Waals surface area contributed by atoms with Crippen LogP contribution in [0.4, 0.5) is 0 Å². The maximum Gasteiger partial charge on any atom is 0.204 e. The van der Waals surface area contributed by atoms with Crippen LogP contribution in [-0.2, 0) is 0 Å². The first-order valence-corrected chi connectivity index (χ1v) is 13.2. The van der Waals surface area contributed by atoms with E-state index in [1.54, 1.807) is 25.1 Å². The fourth-order valence-corrected chi connectivity index (χ4v) is 6.17. The number of hydrogen-bond acceptors (Lipinski definition) is 7. The van der Waals surface area contributed by atoms with Crippen molar-refractivity contribution in [2.24, 2.45) is 0 Å². The first kappa shape index (κ1) is 25.2. The van der Waals surface area contributed by atoms with Gasteiger partial charge in [0.25, 0.3) is 0 Å². The van der Waals surface area contributed by atoms with Crippen molar-refractivity contribution in [3.63, 3.8) is 0 Å². The van der Waals surface area contributed by atoms with Crippen molar-refractivity contribution in [3.8, 4) is 62.5 Å². The average molecular weight is 557 g/mol. The minimum atomic E-state index is -0.940. The van der Waals surface area contributed by atoms with E-state index in [1.165, 1.54) is 0 Å². The fraction of sp³-hybridized carbons (Fsp3) is 0.0286. The average Bonchev–Trinajstić information content (AvgIpc) is 3.02. The number of aromatic hydroxyl groups is 7. The number of fused-ring (bicyclic) bond motifs is 4. The van der Waals surface area contributed by atoms with Gasteiger partial charge in [0, 0.05) is 38.2 Å². The smallest absolute Gasteiger partial charge is 0.204 e. The van der Waals surface area contributed by atoms with Crippen LogP contribution in [0.15, 0.2) is 84.9 Å². The third-order valence-corrected chi connectivity index (χ3v) is 8.16. The van der Waals surface area contributed by atoms with Gasteiger partial charge in [0.05, 0.1) is 0 Å². The molecule has 0 fully saturated rings. The van der Waals surface area contributed by atoms with Gasteiger partial charge in [-0.05, 0) is 45.7 Å². The Bertz CT molecular complexity index is 2200. The molecule has 0 spiro atoms. The summed E-state index contributed by atoms with van der Waals surface area (Å²) in [5.74, 6) is -5.24. The topological polar surface area (TPSA) is 142 Å². The molecule has 7 nitrogen and oxygen atoms in total. The second-order valence-electron chi connectivity index (χ2n) is 10.4. The predicted octanol–water partition coefficient (Wildman–Crippen LogP) is 7.88. The molecule has 0 atom stereocenters. The molecule has 7 rings (SSSR count). The van der Waals surface area contributed by atoms with Crippen molar-refractivity contribution in [1.82, 2.24) is 0 Å². The summed E-state index contributed by atoms with van der Waals surface area (Å²) in [4.78, 5) is 0. The van der Waals surface area contributed by atoms with Crippen molar-refractivity contribution in [2.75, 3.05) is 0 Å². The molecular weight excluding hydrogens is 532 g/mol. The van der Waals surface area contributed by atoms with Gasteiger partial charge >= 0.3 is 0 Å². The molecule has 206 valence electrons. The Balaban J connectivity index is 1.85. The van der Waals surface area contributed by atoms with Crippen molar-refractivity contribution in [1.29, 1.82) is 0 Å². The molecule has 7 heteroatoms. The second-order valence-corrected chi connectivity index (χ2v) is 10.4. The van der Waals surface area contributed by atoms with E-state index in [0.717, 1.165) is 21.5 Å². The minimum Gasteiger partial charge on any atom is -0.504 e. The van der Waals surface area contributed by atoms with Crippen molar-refractivity contribution < 1.29 is 35.7 Å². The molecule has 7 N–H and O–H groups in total. The van der Waals surface area contributed by atoms with Gasteiger partial charge in [0.1, 0.15) is 0 Å². The Kier molecular flexibility index (Phi) is 5.30. The summed E-state index contributed by atoms with van der Waals surface area (Å²) < 4.78 is 0. The quantitative estimate of drug-likeness (QED) is 0.0652. The first-order chi connectivity index (χ1) is 20.2. The third-order valence-electron chi connectivity index (χ3n) is 8.16. The molecule has 0 amide bonds. The van der Waals surface area contributed by atoms with Gasteiger partial charge in [-0.15, -0.1) is 0 Å². The molecular formula is C35H24O7. The lowest BCUT2D eigenvalue weighted by molar-refractivity contribution is 0.351. The highest BCUT2D eigenvalue weighted by Crippen LogP contribution is 2.60. The van der Waals surface area contributed by atoms with Gasteiger partial charge < -0.3 is 35.7 Å². The molecule has 0 unspecified atom stereocenters. The zero-order valence-electron chi connectivity index (χ0n) is 22.2. The summed E-state index contributed by atoms with van der Waals surface area (Å²) in [6.45, 7) is 1.57.